The Bertz CT molecular complexity index is 493. The highest BCUT2D eigenvalue weighted by atomic mass is 79.9. The Morgan fingerprint density at radius 1 is 1.40 bits per heavy atom. The van der Waals surface area contributed by atoms with Crippen molar-refractivity contribution in [3.63, 3.8) is 0 Å². The standard InChI is InChI=1S/C12H12BrF3O3S/c1-6(17)20-5-10(18)11(19)8-3-2-7(4-9(8)13)12(14,15)16/h2-4,10-11,18-19H,5H2,1H3. The lowest BCUT2D eigenvalue weighted by Crippen LogP contribution is -2.22. The normalized spacial score (nSPS) is 14.9. The predicted molar refractivity (Wildman–Crippen MR) is 73.2 cm³/mol. The highest BCUT2D eigenvalue weighted by Gasteiger charge is 2.31. The van der Waals surface area contributed by atoms with Crippen LogP contribution in [0.15, 0.2) is 22.7 Å². The number of rotatable bonds is 4. The van der Waals surface area contributed by atoms with Gasteiger partial charge >= 0.3 is 6.18 Å². The first-order chi connectivity index (χ1) is 9.12. The number of carbonyl (C=O) groups excluding carboxylic acids is 1. The molecule has 0 heterocycles. The molecule has 0 aliphatic carbocycles. The molecular formula is C12H12BrF3O3S. The second-order valence-corrected chi connectivity index (χ2v) is 6.10. The van der Waals surface area contributed by atoms with Gasteiger partial charge in [0.2, 0.25) is 0 Å². The Kier molecular flexibility index (Phi) is 6.06. The minimum atomic E-state index is -4.48. The average molecular weight is 373 g/mol. The van der Waals surface area contributed by atoms with Crippen LogP contribution in [0.3, 0.4) is 0 Å². The molecule has 0 aliphatic heterocycles. The molecule has 8 heteroatoms. The number of hydrogen-bond donors (Lipinski definition) is 2. The zero-order valence-electron chi connectivity index (χ0n) is 10.3. The molecule has 0 aliphatic rings. The first-order valence-electron chi connectivity index (χ1n) is 5.49. The van der Waals surface area contributed by atoms with E-state index in [4.69, 9.17) is 0 Å². The first-order valence-corrected chi connectivity index (χ1v) is 7.27. The molecule has 2 unspecified atom stereocenters. The number of thioether (sulfide) groups is 1. The lowest BCUT2D eigenvalue weighted by Gasteiger charge is -2.19. The quantitative estimate of drug-likeness (QED) is 0.852. The van der Waals surface area contributed by atoms with E-state index in [0.717, 1.165) is 30.0 Å². The molecule has 0 spiro atoms. The first kappa shape index (κ1) is 17.5. The van der Waals surface area contributed by atoms with E-state index < -0.39 is 23.9 Å². The molecule has 2 atom stereocenters. The summed E-state index contributed by atoms with van der Waals surface area (Å²) in [7, 11) is 0. The van der Waals surface area contributed by atoms with Gasteiger partial charge in [0.15, 0.2) is 5.12 Å². The largest absolute Gasteiger partial charge is 0.416 e. The fraction of sp³-hybridized carbons (Fsp3) is 0.417. The fourth-order valence-electron chi connectivity index (χ4n) is 1.44. The van der Waals surface area contributed by atoms with Gasteiger partial charge < -0.3 is 10.2 Å². The maximum Gasteiger partial charge on any atom is 0.416 e. The van der Waals surface area contributed by atoms with Crippen molar-refractivity contribution in [1.29, 1.82) is 0 Å². The van der Waals surface area contributed by atoms with Crippen LogP contribution in [0.25, 0.3) is 0 Å². The van der Waals surface area contributed by atoms with Gasteiger partial charge in [-0.15, -0.1) is 0 Å². The third kappa shape index (κ3) is 4.76. The zero-order valence-corrected chi connectivity index (χ0v) is 12.7. The van der Waals surface area contributed by atoms with E-state index >= 15 is 0 Å². The third-order valence-corrected chi connectivity index (χ3v) is 4.07. The SMILES string of the molecule is CC(=O)SCC(O)C(O)c1ccc(C(F)(F)F)cc1Br. The van der Waals surface area contributed by atoms with Crippen LogP contribution in [0.4, 0.5) is 13.2 Å². The van der Waals surface area contributed by atoms with Crippen LogP contribution >= 0.6 is 27.7 Å². The number of aliphatic hydroxyl groups is 2. The smallest absolute Gasteiger partial charge is 0.389 e. The molecule has 0 bridgehead atoms. The van der Waals surface area contributed by atoms with Crippen molar-refractivity contribution in [3.05, 3.63) is 33.8 Å². The van der Waals surface area contributed by atoms with Gasteiger partial charge in [-0.05, 0) is 17.7 Å². The highest BCUT2D eigenvalue weighted by Crippen LogP contribution is 2.34. The fourth-order valence-corrected chi connectivity index (χ4v) is 2.65. The van der Waals surface area contributed by atoms with Crippen LogP contribution in [-0.2, 0) is 11.0 Å². The van der Waals surface area contributed by atoms with Crippen molar-refractivity contribution in [2.24, 2.45) is 0 Å². The molecule has 0 saturated carbocycles. The van der Waals surface area contributed by atoms with Gasteiger partial charge in [0, 0.05) is 17.1 Å². The number of halogens is 4. The van der Waals surface area contributed by atoms with Gasteiger partial charge in [-0.1, -0.05) is 33.8 Å². The maximum atomic E-state index is 12.5. The number of hydrogen-bond acceptors (Lipinski definition) is 4. The second kappa shape index (κ2) is 6.93. The maximum absolute atomic E-state index is 12.5. The molecule has 3 nitrogen and oxygen atoms in total. The monoisotopic (exact) mass is 372 g/mol. The van der Waals surface area contributed by atoms with E-state index in [2.05, 4.69) is 15.9 Å². The molecule has 112 valence electrons. The van der Waals surface area contributed by atoms with Gasteiger partial charge in [0.1, 0.15) is 6.10 Å². The van der Waals surface area contributed by atoms with Crippen LogP contribution in [0.5, 0.6) is 0 Å². The molecule has 0 fully saturated rings. The summed E-state index contributed by atoms with van der Waals surface area (Å²) in [4.78, 5) is 10.8. The summed E-state index contributed by atoms with van der Waals surface area (Å²) in [5.41, 5.74) is -0.720. The van der Waals surface area contributed by atoms with Crippen molar-refractivity contribution in [2.75, 3.05) is 5.75 Å². The number of aliphatic hydroxyl groups excluding tert-OH is 2. The third-order valence-electron chi connectivity index (χ3n) is 2.47. The van der Waals surface area contributed by atoms with E-state index in [0.29, 0.717) is 0 Å². The molecule has 0 aromatic heterocycles. The summed E-state index contributed by atoms with van der Waals surface area (Å²) in [5, 5.41) is 19.4. The van der Waals surface area contributed by atoms with Crippen LogP contribution in [0, 0.1) is 0 Å². The molecular weight excluding hydrogens is 361 g/mol. The number of benzene rings is 1. The summed E-state index contributed by atoms with van der Waals surface area (Å²) in [6.45, 7) is 1.32. The molecule has 0 amide bonds. The van der Waals surface area contributed by atoms with E-state index in [1.807, 2.05) is 0 Å². The Labute approximate surface area is 126 Å². The van der Waals surface area contributed by atoms with Crippen molar-refractivity contribution in [2.45, 2.75) is 25.3 Å². The minimum Gasteiger partial charge on any atom is -0.389 e. The van der Waals surface area contributed by atoms with E-state index in [9.17, 15) is 28.2 Å². The van der Waals surface area contributed by atoms with E-state index in [1.54, 1.807) is 0 Å². The topological polar surface area (TPSA) is 57.5 Å². The van der Waals surface area contributed by atoms with Crippen LogP contribution in [0.2, 0.25) is 0 Å². The molecule has 1 aromatic carbocycles. The summed E-state index contributed by atoms with van der Waals surface area (Å²) >= 11 is 3.78. The van der Waals surface area contributed by atoms with Gasteiger partial charge in [-0.2, -0.15) is 13.2 Å². The van der Waals surface area contributed by atoms with Crippen LogP contribution in [-0.4, -0.2) is 27.2 Å². The van der Waals surface area contributed by atoms with Gasteiger partial charge in [-0.25, -0.2) is 0 Å². The van der Waals surface area contributed by atoms with Crippen molar-refractivity contribution < 1.29 is 28.2 Å². The van der Waals surface area contributed by atoms with Crippen LogP contribution in [0.1, 0.15) is 24.2 Å². The van der Waals surface area contributed by atoms with Gasteiger partial charge in [0.25, 0.3) is 0 Å². The summed E-state index contributed by atoms with van der Waals surface area (Å²) < 4.78 is 37.5. The molecule has 0 radical (unpaired) electrons. The van der Waals surface area contributed by atoms with Crippen LogP contribution < -0.4 is 0 Å². The lowest BCUT2D eigenvalue weighted by atomic mass is 10.0. The summed E-state index contributed by atoms with van der Waals surface area (Å²) in [6.07, 6.45) is -7.11. The zero-order chi connectivity index (χ0) is 15.5. The number of carbonyl (C=O) groups is 1. The molecule has 1 rings (SSSR count). The molecule has 2 N–H and O–H groups in total. The Balaban J connectivity index is 2.88. The highest BCUT2D eigenvalue weighted by molar-refractivity contribution is 9.10. The van der Waals surface area contributed by atoms with Gasteiger partial charge in [0.05, 0.1) is 11.7 Å². The Hall–Kier alpha value is -0.570. The predicted octanol–water partition coefficient (Wildman–Crippen LogP) is 3.14. The lowest BCUT2D eigenvalue weighted by molar-refractivity contribution is -0.137. The average Bonchev–Trinajstić information content (AvgIpc) is 2.33. The summed E-state index contributed by atoms with van der Waals surface area (Å²) in [5.74, 6) is -0.0377. The minimum absolute atomic E-state index is 0.0377. The number of alkyl halides is 3. The molecule has 0 saturated heterocycles. The Morgan fingerprint density at radius 3 is 2.45 bits per heavy atom. The van der Waals surface area contributed by atoms with E-state index in [-0.39, 0.29) is 20.9 Å². The van der Waals surface area contributed by atoms with Crippen molar-refractivity contribution in [3.8, 4) is 0 Å². The Morgan fingerprint density at radius 2 is 2.00 bits per heavy atom. The molecule has 1 aromatic rings. The molecule has 20 heavy (non-hydrogen) atoms. The van der Waals surface area contributed by atoms with E-state index in [1.165, 1.54) is 6.92 Å². The van der Waals surface area contributed by atoms with Crippen molar-refractivity contribution >= 4 is 32.8 Å². The second-order valence-electron chi connectivity index (χ2n) is 4.05. The van der Waals surface area contributed by atoms with Crippen molar-refractivity contribution in [1.82, 2.24) is 0 Å². The van der Waals surface area contributed by atoms with Gasteiger partial charge in [-0.3, -0.25) is 4.79 Å². The summed E-state index contributed by atoms with van der Waals surface area (Å²) in [6, 6.07) is 2.76.